The van der Waals surface area contributed by atoms with Gasteiger partial charge >= 0.3 is 0 Å². The fraction of sp³-hybridized carbons (Fsp3) is 0.481. The average molecular weight is 492 g/mol. The van der Waals surface area contributed by atoms with Crippen LogP contribution in [0.5, 0.6) is 0 Å². The Morgan fingerprint density at radius 3 is 2.50 bits per heavy atom. The molecule has 1 aliphatic rings. The molecule has 0 saturated carbocycles. The molecule has 36 heavy (non-hydrogen) atoms. The van der Waals surface area contributed by atoms with E-state index in [1.165, 1.54) is 15.6 Å². The van der Waals surface area contributed by atoms with E-state index in [9.17, 15) is 19.8 Å². The van der Waals surface area contributed by atoms with Crippen LogP contribution in [0, 0.1) is 11.8 Å². The molecule has 9 nitrogen and oxygen atoms in total. The molecule has 4 rings (SSSR count). The maximum absolute atomic E-state index is 13.1. The van der Waals surface area contributed by atoms with E-state index in [-0.39, 0.29) is 29.4 Å². The van der Waals surface area contributed by atoms with Crippen LogP contribution in [0.2, 0.25) is 0 Å². The van der Waals surface area contributed by atoms with Crippen molar-refractivity contribution in [2.75, 3.05) is 13.1 Å². The Balaban J connectivity index is 1.44. The average Bonchev–Trinajstić information content (AvgIpc) is 3.15. The summed E-state index contributed by atoms with van der Waals surface area (Å²) in [5, 5.41) is 25.4. The van der Waals surface area contributed by atoms with Crippen molar-refractivity contribution in [3.63, 3.8) is 0 Å². The van der Waals surface area contributed by atoms with Crippen molar-refractivity contribution in [3.8, 4) is 11.8 Å². The lowest BCUT2D eigenvalue weighted by Crippen LogP contribution is -2.49. The maximum atomic E-state index is 13.1. The number of carbonyl (C=O) groups excluding carboxylic acids is 1. The van der Waals surface area contributed by atoms with Crippen molar-refractivity contribution in [2.24, 2.45) is 7.05 Å². The number of likely N-dealkylation sites (tertiary alicyclic amines) is 1. The molecule has 2 aromatic heterocycles. The van der Waals surface area contributed by atoms with Gasteiger partial charge in [-0.3, -0.25) is 18.8 Å². The molecule has 3 aromatic rings. The molecular weight excluding hydrogens is 458 g/mol. The molecule has 1 aromatic carbocycles. The monoisotopic (exact) mass is 491 g/mol. The molecule has 190 valence electrons. The number of piperidine rings is 1. The van der Waals surface area contributed by atoms with Crippen molar-refractivity contribution >= 4 is 16.9 Å². The molecule has 1 saturated heterocycles. The highest BCUT2D eigenvalue weighted by atomic mass is 16.3. The lowest BCUT2D eigenvalue weighted by molar-refractivity contribution is -0.136. The summed E-state index contributed by atoms with van der Waals surface area (Å²) in [7, 11) is 1.67. The SMILES string of the molecule is CC(CC(=O)N1CCC(O)(Cn2cnc3c(C#CC(C)(C)O)n(C)nc3c2=O)CC1)c1ccccc1. The fourth-order valence-corrected chi connectivity index (χ4v) is 4.50. The van der Waals surface area contributed by atoms with Crippen LogP contribution in [0.1, 0.15) is 57.2 Å². The van der Waals surface area contributed by atoms with E-state index in [1.807, 2.05) is 37.3 Å². The highest BCUT2D eigenvalue weighted by molar-refractivity contribution is 5.79. The second-order valence-corrected chi connectivity index (χ2v) is 10.3. The number of rotatable bonds is 5. The van der Waals surface area contributed by atoms with Crippen LogP contribution in [-0.2, 0) is 18.4 Å². The molecule has 2 N–H and O–H groups in total. The van der Waals surface area contributed by atoms with Gasteiger partial charge in [0, 0.05) is 26.6 Å². The standard InChI is InChI=1S/C27H33N5O4/c1-19(20-8-6-5-7-9-20)16-22(33)31-14-12-27(36,13-15-31)17-32-18-28-23-21(10-11-26(2,3)35)30(4)29-24(23)25(32)34/h5-9,18-19,35-36H,12-17H2,1-4H3. The van der Waals surface area contributed by atoms with Crippen LogP contribution in [0.25, 0.3) is 11.0 Å². The van der Waals surface area contributed by atoms with Crippen LogP contribution in [0.4, 0.5) is 0 Å². The normalized spacial score (nSPS) is 16.4. The Morgan fingerprint density at radius 1 is 1.19 bits per heavy atom. The Kier molecular flexibility index (Phi) is 7.03. The first-order valence-electron chi connectivity index (χ1n) is 12.2. The Morgan fingerprint density at radius 2 is 1.86 bits per heavy atom. The number of amides is 1. The molecule has 1 amide bonds. The van der Waals surface area contributed by atoms with Crippen LogP contribution < -0.4 is 5.56 Å². The number of hydrogen-bond acceptors (Lipinski definition) is 6. The van der Waals surface area contributed by atoms with E-state index < -0.39 is 11.2 Å². The molecule has 0 spiro atoms. The van der Waals surface area contributed by atoms with Gasteiger partial charge in [-0.05, 0) is 44.1 Å². The second kappa shape index (κ2) is 9.88. The van der Waals surface area contributed by atoms with Crippen LogP contribution in [0.15, 0.2) is 41.5 Å². The highest BCUT2D eigenvalue weighted by Gasteiger charge is 2.35. The largest absolute Gasteiger partial charge is 0.388 e. The first kappa shape index (κ1) is 25.6. The van der Waals surface area contributed by atoms with Gasteiger partial charge in [-0.25, -0.2) is 4.98 Å². The van der Waals surface area contributed by atoms with Gasteiger partial charge in [-0.2, -0.15) is 5.10 Å². The number of benzene rings is 1. The minimum absolute atomic E-state index is 0.0679. The van der Waals surface area contributed by atoms with E-state index in [0.717, 1.165) is 5.56 Å². The van der Waals surface area contributed by atoms with E-state index in [1.54, 1.807) is 25.8 Å². The first-order chi connectivity index (χ1) is 17.0. The summed E-state index contributed by atoms with van der Waals surface area (Å²) in [5.74, 6) is 5.76. The van der Waals surface area contributed by atoms with Crippen molar-refractivity contribution in [2.45, 2.75) is 63.7 Å². The minimum Gasteiger partial charge on any atom is -0.388 e. The van der Waals surface area contributed by atoms with Gasteiger partial charge in [0.15, 0.2) is 5.52 Å². The van der Waals surface area contributed by atoms with Crippen LogP contribution in [-0.4, -0.2) is 64.6 Å². The van der Waals surface area contributed by atoms with Gasteiger partial charge in [0.2, 0.25) is 5.91 Å². The molecule has 1 fully saturated rings. The first-order valence-corrected chi connectivity index (χ1v) is 12.2. The molecule has 3 heterocycles. The van der Waals surface area contributed by atoms with Crippen molar-refractivity contribution in [3.05, 3.63) is 58.3 Å². The number of aryl methyl sites for hydroxylation is 1. The van der Waals surface area contributed by atoms with Gasteiger partial charge in [0.25, 0.3) is 5.56 Å². The highest BCUT2D eigenvalue weighted by Crippen LogP contribution is 2.26. The maximum Gasteiger partial charge on any atom is 0.281 e. The third-order valence-electron chi connectivity index (χ3n) is 6.66. The molecule has 1 atom stereocenters. The number of aromatic nitrogens is 4. The summed E-state index contributed by atoms with van der Waals surface area (Å²) in [6.45, 7) is 6.12. The number of hydrogen-bond donors (Lipinski definition) is 2. The van der Waals surface area contributed by atoms with Gasteiger partial charge in [0.05, 0.1) is 18.5 Å². The van der Waals surface area contributed by atoms with Crippen molar-refractivity contribution in [1.29, 1.82) is 0 Å². The number of carbonyl (C=O) groups is 1. The minimum atomic E-state index is -1.19. The third kappa shape index (κ3) is 5.66. The Labute approximate surface area is 210 Å². The third-order valence-corrected chi connectivity index (χ3v) is 6.66. The van der Waals surface area contributed by atoms with Gasteiger partial charge in [-0.15, -0.1) is 0 Å². The summed E-state index contributed by atoms with van der Waals surface area (Å²) < 4.78 is 2.84. The van der Waals surface area contributed by atoms with Gasteiger partial charge in [0.1, 0.15) is 16.8 Å². The molecule has 1 unspecified atom stereocenters. The topological polar surface area (TPSA) is 113 Å². The Hall–Kier alpha value is -3.48. The zero-order chi connectivity index (χ0) is 26.1. The molecular formula is C27H33N5O4. The fourth-order valence-electron chi connectivity index (χ4n) is 4.50. The molecule has 9 heteroatoms. The summed E-state index contributed by atoms with van der Waals surface area (Å²) in [6.07, 6.45) is 2.56. The predicted octanol–water partition coefficient (Wildman–Crippen LogP) is 1.80. The van der Waals surface area contributed by atoms with Gasteiger partial charge < -0.3 is 15.1 Å². The van der Waals surface area contributed by atoms with E-state index >= 15 is 0 Å². The second-order valence-electron chi connectivity index (χ2n) is 10.3. The predicted molar refractivity (Wildman–Crippen MR) is 136 cm³/mol. The zero-order valence-corrected chi connectivity index (χ0v) is 21.2. The smallest absolute Gasteiger partial charge is 0.281 e. The van der Waals surface area contributed by atoms with Crippen molar-refractivity contribution < 1.29 is 15.0 Å². The lowest BCUT2D eigenvalue weighted by atomic mass is 9.90. The summed E-state index contributed by atoms with van der Waals surface area (Å²) >= 11 is 0. The number of aliphatic hydroxyl groups is 2. The summed E-state index contributed by atoms with van der Waals surface area (Å²) in [5.41, 5.74) is -0.599. The zero-order valence-electron chi connectivity index (χ0n) is 21.2. The summed E-state index contributed by atoms with van der Waals surface area (Å²) in [6, 6.07) is 9.96. The van der Waals surface area contributed by atoms with Crippen LogP contribution in [0.3, 0.4) is 0 Å². The number of nitrogens with zero attached hydrogens (tertiary/aromatic N) is 5. The van der Waals surface area contributed by atoms with Crippen molar-refractivity contribution in [1.82, 2.24) is 24.2 Å². The van der Waals surface area contributed by atoms with E-state index in [4.69, 9.17) is 0 Å². The van der Waals surface area contributed by atoms with Crippen LogP contribution >= 0.6 is 0 Å². The Bertz CT molecular complexity index is 1370. The van der Waals surface area contributed by atoms with E-state index in [0.29, 0.717) is 43.6 Å². The molecule has 1 aliphatic heterocycles. The number of fused-ring (bicyclic) bond motifs is 1. The molecule has 0 aliphatic carbocycles. The molecule has 0 bridgehead atoms. The lowest BCUT2D eigenvalue weighted by Gasteiger charge is -2.38. The summed E-state index contributed by atoms with van der Waals surface area (Å²) in [4.78, 5) is 32.1. The van der Waals surface area contributed by atoms with E-state index in [2.05, 4.69) is 21.9 Å². The van der Waals surface area contributed by atoms with Gasteiger partial charge in [-0.1, -0.05) is 43.2 Å². The quantitative estimate of drug-likeness (QED) is 0.526. The molecule has 0 radical (unpaired) electrons.